The number of amides is 1. The molecule has 6 nitrogen and oxygen atoms in total. The highest BCUT2D eigenvalue weighted by molar-refractivity contribution is 7.84. The standard InChI is InChI=1S/C36H43Cl2F6N2O.CH4O3S/c37-30-8-7-27(23-31(30)38)34(13-18-46-15-10-33(11-16-46,12-17-46)26-5-2-1-3-6-26)9-4-14-45(24-34)32(47)21-25-19-28(35(39,40)41)22-29(20-25)36(42,43)44;1-5(2,3)4/h7-8,19-20,22-23,26H,1-6,9-18,21,24H2;1H3,(H,2,3,4)/q+1;/p-1. The Balaban J connectivity index is 0.000000979. The van der Waals surface area contributed by atoms with Gasteiger partial charge >= 0.3 is 12.4 Å². The number of hydrogen-bond donors (Lipinski definition) is 0. The summed E-state index contributed by atoms with van der Waals surface area (Å²) in [5.74, 6) is 0.366. The van der Waals surface area contributed by atoms with Crippen LogP contribution in [0.25, 0.3) is 0 Å². The van der Waals surface area contributed by atoms with Crippen LogP contribution in [0.5, 0.6) is 0 Å². The van der Waals surface area contributed by atoms with Crippen molar-refractivity contribution >= 4 is 39.2 Å². The van der Waals surface area contributed by atoms with Gasteiger partial charge in [-0.2, -0.15) is 26.3 Å². The lowest BCUT2D eigenvalue weighted by Gasteiger charge is -2.58. The number of likely N-dealkylation sites (tertiary alicyclic amines) is 1. The Kier molecular flexibility index (Phi) is 12.3. The zero-order chi connectivity index (χ0) is 38.2. The summed E-state index contributed by atoms with van der Waals surface area (Å²) in [6.45, 7) is 5.14. The molecule has 5 aliphatic rings. The maximum atomic E-state index is 13.7. The van der Waals surface area contributed by atoms with Crippen molar-refractivity contribution in [3.63, 3.8) is 0 Å². The second-order valence-electron chi connectivity index (χ2n) is 15.6. The highest BCUT2D eigenvalue weighted by atomic mass is 35.5. The number of nitrogens with zero attached hydrogens (tertiary/aromatic N) is 2. The number of rotatable bonds is 7. The van der Waals surface area contributed by atoms with Crippen molar-refractivity contribution < 1.29 is 48.6 Å². The van der Waals surface area contributed by atoms with Crippen LogP contribution in [0.2, 0.25) is 10.0 Å². The maximum Gasteiger partial charge on any atom is 0.416 e. The van der Waals surface area contributed by atoms with Crippen LogP contribution < -0.4 is 0 Å². The number of piperidine rings is 4. The molecule has 1 saturated carbocycles. The number of fused-ring (bicyclic) bond motifs is 3. The molecule has 1 atom stereocenters. The molecule has 7 rings (SSSR count). The quantitative estimate of drug-likeness (QED) is 0.159. The van der Waals surface area contributed by atoms with Crippen LogP contribution in [-0.2, 0) is 39.1 Å². The van der Waals surface area contributed by atoms with Crippen molar-refractivity contribution in [2.24, 2.45) is 11.3 Å². The van der Waals surface area contributed by atoms with Gasteiger partial charge in [0.1, 0.15) is 0 Å². The zero-order valence-electron chi connectivity index (χ0n) is 29.2. The summed E-state index contributed by atoms with van der Waals surface area (Å²) in [5, 5.41) is 0.836. The first-order valence-corrected chi connectivity index (χ1v) is 20.5. The average molecular weight is 800 g/mol. The lowest BCUT2D eigenvalue weighted by Crippen LogP contribution is -2.64. The third-order valence-electron chi connectivity index (χ3n) is 12.3. The van der Waals surface area contributed by atoms with E-state index in [9.17, 15) is 31.1 Å². The van der Waals surface area contributed by atoms with E-state index in [1.54, 1.807) is 11.0 Å². The van der Waals surface area contributed by atoms with E-state index in [0.717, 1.165) is 55.0 Å². The largest absolute Gasteiger partial charge is 0.748 e. The summed E-state index contributed by atoms with van der Waals surface area (Å²) in [7, 11) is -3.92. The molecule has 1 unspecified atom stereocenters. The van der Waals surface area contributed by atoms with Crippen LogP contribution in [0.4, 0.5) is 26.3 Å². The second-order valence-corrected chi connectivity index (χ2v) is 17.8. The molecule has 2 aromatic rings. The van der Waals surface area contributed by atoms with Gasteiger partial charge in [0.05, 0.1) is 63.9 Å². The number of benzene rings is 2. The van der Waals surface area contributed by atoms with Gasteiger partial charge < -0.3 is 13.9 Å². The molecule has 4 aliphatic heterocycles. The van der Waals surface area contributed by atoms with E-state index >= 15 is 0 Å². The molecule has 0 aromatic heterocycles. The van der Waals surface area contributed by atoms with E-state index in [2.05, 4.69) is 0 Å². The number of carbonyl (C=O) groups excluding carboxylic acids is 1. The van der Waals surface area contributed by atoms with Crippen LogP contribution in [-0.4, -0.2) is 73.8 Å². The van der Waals surface area contributed by atoms with Gasteiger partial charge in [-0.15, -0.1) is 0 Å². The molecule has 0 spiro atoms. The van der Waals surface area contributed by atoms with Crippen molar-refractivity contribution in [3.8, 4) is 0 Å². The summed E-state index contributed by atoms with van der Waals surface area (Å²) in [6, 6.07) is 6.97. The van der Waals surface area contributed by atoms with Crippen LogP contribution >= 0.6 is 23.2 Å². The molecule has 0 N–H and O–H groups in total. The van der Waals surface area contributed by atoms with Crippen molar-refractivity contribution in [1.82, 2.24) is 4.90 Å². The number of carbonyl (C=O) groups is 1. The van der Waals surface area contributed by atoms with Gasteiger partial charge in [-0.05, 0) is 78.5 Å². The first-order valence-electron chi connectivity index (χ1n) is 17.9. The first kappa shape index (κ1) is 41.1. The van der Waals surface area contributed by atoms with Gasteiger partial charge in [0.2, 0.25) is 5.91 Å². The monoisotopic (exact) mass is 798 g/mol. The number of alkyl halides is 6. The molecular formula is C37H46Cl2F6N2O4S. The van der Waals surface area contributed by atoms with Crippen molar-refractivity contribution in [3.05, 3.63) is 68.7 Å². The Hall–Kier alpha value is -2.06. The minimum Gasteiger partial charge on any atom is -0.748 e. The van der Waals surface area contributed by atoms with E-state index in [-0.39, 0.29) is 11.6 Å². The highest BCUT2D eigenvalue weighted by Gasteiger charge is 2.53. The molecule has 2 aromatic carbocycles. The summed E-state index contributed by atoms with van der Waals surface area (Å²) >= 11 is 12.8. The van der Waals surface area contributed by atoms with Gasteiger partial charge in [0.25, 0.3) is 0 Å². The van der Waals surface area contributed by atoms with E-state index < -0.39 is 51.3 Å². The van der Waals surface area contributed by atoms with Crippen molar-refractivity contribution in [2.45, 2.75) is 94.8 Å². The van der Waals surface area contributed by atoms with Gasteiger partial charge in [-0.1, -0.05) is 48.5 Å². The van der Waals surface area contributed by atoms with Crippen molar-refractivity contribution in [2.75, 3.05) is 45.5 Å². The SMILES string of the molecule is CS(=O)(=O)[O-].O=C(Cc1cc(C(F)(F)F)cc(C(F)(F)F)c1)N1CCCC(CC[N+]23CCC(C4CCCCC4)(CC2)CC3)(c2ccc(Cl)c(Cl)c2)C1. The molecule has 2 bridgehead atoms. The topological polar surface area (TPSA) is 77.5 Å². The summed E-state index contributed by atoms with van der Waals surface area (Å²) in [4.78, 5) is 15.3. The molecule has 52 heavy (non-hydrogen) atoms. The third-order valence-corrected chi connectivity index (χ3v) is 13.0. The van der Waals surface area contributed by atoms with E-state index in [0.29, 0.717) is 53.4 Å². The highest BCUT2D eigenvalue weighted by Crippen LogP contribution is 2.54. The van der Waals surface area contributed by atoms with Gasteiger partial charge in [-0.25, -0.2) is 8.42 Å². The molecule has 1 aliphatic carbocycles. The minimum absolute atomic E-state index is 0.0948. The Morgan fingerprint density at radius 1 is 0.865 bits per heavy atom. The lowest BCUT2D eigenvalue weighted by atomic mass is 9.59. The molecule has 15 heteroatoms. The second kappa shape index (κ2) is 15.6. The third kappa shape index (κ3) is 9.97. The number of quaternary nitrogens is 1. The summed E-state index contributed by atoms with van der Waals surface area (Å²) in [5.41, 5.74) is -2.14. The Bertz CT molecular complexity index is 1650. The predicted octanol–water partition coefficient (Wildman–Crippen LogP) is 9.27. The van der Waals surface area contributed by atoms with Crippen LogP contribution in [0, 0.1) is 11.3 Å². The Labute approximate surface area is 312 Å². The van der Waals surface area contributed by atoms with Gasteiger partial charge in [0.15, 0.2) is 0 Å². The van der Waals surface area contributed by atoms with Gasteiger partial charge in [-0.3, -0.25) is 4.79 Å². The molecular weight excluding hydrogens is 753 g/mol. The predicted molar refractivity (Wildman–Crippen MR) is 187 cm³/mol. The molecule has 290 valence electrons. The van der Waals surface area contributed by atoms with Crippen LogP contribution in [0.3, 0.4) is 0 Å². The fourth-order valence-corrected chi connectivity index (χ4v) is 9.66. The minimum atomic E-state index is -4.97. The molecule has 5 fully saturated rings. The van der Waals surface area contributed by atoms with Gasteiger partial charge in [0, 0.05) is 50.4 Å². The summed E-state index contributed by atoms with van der Waals surface area (Å²) < 4.78 is 109. The van der Waals surface area contributed by atoms with E-state index in [4.69, 9.17) is 36.2 Å². The smallest absolute Gasteiger partial charge is 0.416 e. The molecule has 4 saturated heterocycles. The van der Waals surface area contributed by atoms with E-state index in [1.807, 2.05) is 12.1 Å². The number of halogens is 8. The number of hydrogen-bond acceptors (Lipinski definition) is 4. The molecule has 1 amide bonds. The Morgan fingerprint density at radius 3 is 1.94 bits per heavy atom. The lowest BCUT2D eigenvalue weighted by molar-refractivity contribution is -0.946. The maximum absolute atomic E-state index is 13.7. The van der Waals surface area contributed by atoms with E-state index in [1.165, 1.54) is 51.4 Å². The fourth-order valence-electron chi connectivity index (χ4n) is 9.37. The Morgan fingerprint density at radius 2 is 1.42 bits per heavy atom. The first-order chi connectivity index (χ1) is 24.1. The fraction of sp³-hybridized carbons (Fsp3) is 0.649. The average Bonchev–Trinajstić information content (AvgIpc) is 3.08. The summed E-state index contributed by atoms with van der Waals surface area (Å²) in [6.07, 6.45) is 2.94. The van der Waals surface area contributed by atoms with Crippen LogP contribution in [0.1, 0.15) is 92.9 Å². The zero-order valence-corrected chi connectivity index (χ0v) is 31.6. The molecule has 0 radical (unpaired) electrons. The normalized spacial score (nSPS) is 27.2. The van der Waals surface area contributed by atoms with Crippen molar-refractivity contribution in [1.29, 1.82) is 0 Å². The van der Waals surface area contributed by atoms with Crippen LogP contribution in [0.15, 0.2) is 36.4 Å². The molecule has 4 heterocycles.